The van der Waals surface area contributed by atoms with Gasteiger partial charge in [-0.3, -0.25) is 9.59 Å². The number of hydrogen-bond donors (Lipinski definition) is 3. The number of alkyl halides is 1. The van der Waals surface area contributed by atoms with Crippen LogP contribution in [-0.4, -0.2) is 81.9 Å². The molecule has 10 nitrogen and oxygen atoms in total. The molecule has 242 valence electrons. The molecule has 7 rings (SSSR count). The van der Waals surface area contributed by atoms with E-state index in [-0.39, 0.29) is 41.9 Å². The van der Waals surface area contributed by atoms with Crippen molar-refractivity contribution in [3.63, 3.8) is 0 Å². The predicted molar refractivity (Wildman–Crippen MR) is 178 cm³/mol. The summed E-state index contributed by atoms with van der Waals surface area (Å²) < 4.78 is 5.15. The lowest BCUT2D eigenvalue weighted by atomic mass is 9.87. The summed E-state index contributed by atoms with van der Waals surface area (Å²) in [6.07, 6.45) is 5.43. The highest BCUT2D eigenvalue weighted by atomic mass is 35.5. The zero-order chi connectivity index (χ0) is 31.9. The van der Waals surface area contributed by atoms with Crippen LogP contribution in [-0.2, 0) is 25.5 Å². The van der Waals surface area contributed by atoms with Crippen LogP contribution in [0, 0.1) is 0 Å². The van der Waals surface area contributed by atoms with Crippen molar-refractivity contribution in [2.24, 2.45) is 0 Å². The first-order valence-electron chi connectivity index (χ1n) is 16.0. The van der Waals surface area contributed by atoms with Crippen LogP contribution in [0.5, 0.6) is 0 Å². The molecule has 0 radical (unpaired) electrons. The van der Waals surface area contributed by atoms with Crippen molar-refractivity contribution in [2.75, 3.05) is 23.6 Å². The Hall–Kier alpha value is -3.70. The number of urea groups is 1. The van der Waals surface area contributed by atoms with Crippen molar-refractivity contribution in [3.05, 3.63) is 65.4 Å². The molecular weight excluding hydrogens is 626 g/mol. The second-order valence-corrected chi connectivity index (χ2v) is 14.1. The van der Waals surface area contributed by atoms with Gasteiger partial charge in [-0.2, -0.15) is 11.8 Å². The first kappa shape index (κ1) is 30.9. The maximum absolute atomic E-state index is 13.6. The fourth-order valence-corrected chi connectivity index (χ4v) is 9.11. The molecule has 12 heteroatoms. The number of unbranched alkanes of at least 4 members (excludes halogenated alkanes) is 1. The molecule has 4 heterocycles. The lowest BCUT2D eigenvalue weighted by molar-refractivity contribution is -0.154. The van der Waals surface area contributed by atoms with Gasteiger partial charge < -0.3 is 30.2 Å². The largest absolute Gasteiger partial charge is 0.467 e. The molecule has 0 unspecified atom stereocenters. The molecule has 3 aliphatic heterocycles. The zero-order valence-corrected chi connectivity index (χ0v) is 27.2. The van der Waals surface area contributed by atoms with Gasteiger partial charge in [-0.25, -0.2) is 9.59 Å². The maximum Gasteiger partial charge on any atom is 0.328 e. The third-order valence-corrected chi connectivity index (χ3v) is 11.5. The SMILES string of the molecule is COC(=O)[C@H]1Cc2c([nH]c3ccccc23)[C@H](c2ccc(N(C(=O)CCCC[C@@H]3SC[C@@H]4NC(=O)N[C@@H]43)C3CC3)cc2)N1C(=O)CCl. The van der Waals surface area contributed by atoms with E-state index in [4.69, 9.17) is 16.3 Å². The summed E-state index contributed by atoms with van der Waals surface area (Å²) in [4.78, 5) is 58.6. The number of halogens is 1. The number of aromatic amines is 1. The quantitative estimate of drug-likeness (QED) is 0.126. The minimum absolute atomic E-state index is 0.0755. The number of carbonyl (C=O) groups excluding carboxylic acids is 4. The standard InChI is InChI=1S/C34H38ClN5O5S/c1-45-33(43)26-16-23-22-6-2-3-7-24(22)36-30(23)32(40(26)29(42)17-35)19-10-12-20(13-11-19)39(21-14-15-21)28(41)9-5-4-8-27-31-25(18-46-27)37-34(44)38-31/h2-3,6-7,10-13,21,25-27,31-32,36H,4-5,8-9,14-18H2,1H3,(H2,37,38,44)/t25-,26+,27-,31-,32-/m0/s1. The van der Waals surface area contributed by atoms with Crippen molar-refractivity contribution >= 4 is 63.8 Å². The minimum atomic E-state index is -0.827. The normalized spacial score (nSPS) is 25.0. The van der Waals surface area contributed by atoms with Gasteiger partial charge in [0.25, 0.3) is 0 Å². The van der Waals surface area contributed by atoms with Crippen molar-refractivity contribution in [3.8, 4) is 0 Å². The van der Waals surface area contributed by atoms with Crippen molar-refractivity contribution in [1.82, 2.24) is 20.5 Å². The highest BCUT2D eigenvalue weighted by Gasteiger charge is 2.45. The highest BCUT2D eigenvalue weighted by Crippen LogP contribution is 2.42. The second-order valence-electron chi connectivity index (χ2n) is 12.6. The number of ether oxygens (including phenoxy) is 1. The van der Waals surface area contributed by atoms with Crippen LogP contribution in [0.1, 0.15) is 61.4 Å². The van der Waals surface area contributed by atoms with E-state index in [1.807, 2.05) is 65.2 Å². The summed E-state index contributed by atoms with van der Waals surface area (Å²) in [5.74, 6) is -0.0697. The number of carbonyl (C=O) groups is 4. The number of para-hydroxylation sites is 1. The number of methoxy groups -OCH3 is 1. The summed E-state index contributed by atoms with van der Waals surface area (Å²) in [6, 6.07) is 14.8. The van der Waals surface area contributed by atoms with E-state index in [2.05, 4.69) is 15.6 Å². The van der Waals surface area contributed by atoms with Crippen LogP contribution in [0.3, 0.4) is 0 Å². The van der Waals surface area contributed by atoms with Gasteiger partial charge in [0.2, 0.25) is 11.8 Å². The van der Waals surface area contributed by atoms with Gasteiger partial charge in [0.1, 0.15) is 11.9 Å². The van der Waals surface area contributed by atoms with E-state index in [1.165, 1.54) is 7.11 Å². The summed E-state index contributed by atoms with van der Waals surface area (Å²) >= 11 is 8.00. The van der Waals surface area contributed by atoms with Gasteiger partial charge in [0.15, 0.2) is 0 Å². The molecular formula is C34H38ClN5O5S. The summed E-state index contributed by atoms with van der Waals surface area (Å²) in [5.41, 5.74) is 4.40. The molecule has 3 fully saturated rings. The third kappa shape index (κ3) is 5.72. The number of rotatable bonds is 10. The molecule has 0 bridgehead atoms. The Bertz CT molecular complexity index is 1660. The monoisotopic (exact) mass is 663 g/mol. The van der Waals surface area contributed by atoms with Gasteiger partial charge in [-0.1, -0.05) is 36.8 Å². The van der Waals surface area contributed by atoms with Gasteiger partial charge in [-0.15, -0.1) is 11.6 Å². The van der Waals surface area contributed by atoms with Gasteiger partial charge in [-0.05, 0) is 55.0 Å². The molecule has 2 saturated heterocycles. The predicted octanol–water partition coefficient (Wildman–Crippen LogP) is 4.64. The number of anilines is 1. The number of aromatic nitrogens is 1. The fraction of sp³-hybridized carbons (Fsp3) is 0.471. The van der Waals surface area contributed by atoms with Crippen LogP contribution in [0.4, 0.5) is 10.5 Å². The Labute approximate surface area is 276 Å². The lowest BCUT2D eigenvalue weighted by Gasteiger charge is -2.40. The van der Waals surface area contributed by atoms with Crippen LogP contribution < -0.4 is 15.5 Å². The third-order valence-electron chi connectivity index (χ3n) is 9.74. The van der Waals surface area contributed by atoms with E-state index in [0.29, 0.717) is 18.1 Å². The number of benzene rings is 2. The summed E-state index contributed by atoms with van der Waals surface area (Å²) in [5, 5.41) is 7.42. The van der Waals surface area contributed by atoms with E-state index in [1.54, 1.807) is 4.90 Å². The van der Waals surface area contributed by atoms with Gasteiger partial charge in [0.05, 0.1) is 25.2 Å². The Morgan fingerprint density at radius 1 is 1.07 bits per heavy atom. The van der Waals surface area contributed by atoms with Crippen molar-refractivity contribution in [1.29, 1.82) is 0 Å². The first-order valence-corrected chi connectivity index (χ1v) is 17.6. The fourth-order valence-electron chi connectivity index (χ4n) is 7.43. The number of nitrogens with zero attached hydrogens (tertiary/aromatic N) is 2. The Morgan fingerprint density at radius 2 is 1.85 bits per heavy atom. The van der Waals surface area contributed by atoms with E-state index < -0.39 is 18.1 Å². The number of nitrogens with one attached hydrogen (secondary N) is 3. The van der Waals surface area contributed by atoms with Crippen LogP contribution >= 0.6 is 23.4 Å². The number of amides is 4. The second kappa shape index (κ2) is 12.8. The van der Waals surface area contributed by atoms with E-state index >= 15 is 0 Å². The maximum atomic E-state index is 13.6. The first-order chi connectivity index (χ1) is 22.4. The number of fused-ring (bicyclic) bond motifs is 4. The van der Waals surface area contributed by atoms with Crippen molar-refractivity contribution < 1.29 is 23.9 Å². The average molecular weight is 664 g/mol. The number of thioether (sulfide) groups is 1. The minimum Gasteiger partial charge on any atom is -0.467 e. The van der Waals surface area contributed by atoms with Crippen LogP contribution in [0.2, 0.25) is 0 Å². The topological polar surface area (TPSA) is 124 Å². The molecule has 3 aromatic rings. The number of esters is 1. The molecule has 1 saturated carbocycles. The molecule has 2 aromatic carbocycles. The smallest absolute Gasteiger partial charge is 0.328 e. The zero-order valence-electron chi connectivity index (χ0n) is 25.7. The Kier molecular flexibility index (Phi) is 8.63. The molecule has 46 heavy (non-hydrogen) atoms. The Balaban J connectivity index is 1.10. The molecule has 3 N–H and O–H groups in total. The van der Waals surface area contributed by atoms with Gasteiger partial charge in [0, 0.05) is 52.2 Å². The summed E-state index contributed by atoms with van der Waals surface area (Å²) in [6.45, 7) is 0. The molecule has 0 spiro atoms. The van der Waals surface area contributed by atoms with E-state index in [0.717, 1.165) is 71.3 Å². The molecule has 5 atom stereocenters. The lowest BCUT2D eigenvalue weighted by Crippen LogP contribution is -2.52. The van der Waals surface area contributed by atoms with E-state index in [9.17, 15) is 19.2 Å². The van der Waals surface area contributed by atoms with Crippen LogP contribution in [0.15, 0.2) is 48.5 Å². The number of H-pyrrole nitrogens is 1. The molecule has 4 aliphatic rings. The van der Waals surface area contributed by atoms with Gasteiger partial charge >= 0.3 is 12.0 Å². The van der Waals surface area contributed by atoms with Crippen molar-refractivity contribution in [2.45, 2.75) is 80.4 Å². The number of hydrogen-bond acceptors (Lipinski definition) is 6. The Morgan fingerprint density at radius 3 is 2.59 bits per heavy atom. The average Bonchev–Trinajstić information content (AvgIpc) is 3.58. The molecule has 1 aliphatic carbocycles. The molecule has 4 amide bonds. The molecule has 1 aromatic heterocycles. The summed E-state index contributed by atoms with van der Waals surface area (Å²) in [7, 11) is 1.33. The highest BCUT2D eigenvalue weighted by molar-refractivity contribution is 8.00. The van der Waals surface area contributed by atoms with Crippen LogP contribution in [0.25, 0.3) is 10.9 Å².